The number of halogens is 1. The van der Waals surface area contributed by atoms with Crippen LogP contribution in [0.5, 0.6) is 0 Å². The fraction of sp³-hybridized carbons (Fsp3) is 1.00. The molecule has 1 atom stereocenters. The first-order valence-electron chi connectivity index (χ1n) is 4.62. The second kappa shape index (κ2) is 7.62. The Bertz CT molecular complexity index is 231. The van der Waals surface area contributed by atoms with Crippen LogP contribution in [0.4, 0.5) is 0 Å². The third-order valence-corrected chi connectivity index (χ3v) is 3.91. The lowest BCUT2D eigenvalue weighted by Crippen LogP contribution is -2.29. The SMILES string of the molecule is CCCS(=O)(=O)NCCC(Br)COC. The van der Waals surface area contributed by atoms with E-state index in [1.807, 2.05) is 6.92 Å². The highest BCUT2D eigenvalue weighted by atomic mass is 79.9. The molecule has 0 aromatic heterocycles. The van der Waals surface area contributed by atoms with E-state index < -0.39 is 10.0 Å². The van der Waals surface area contributed by atoms with Crippen LogP contribution in [0, 0.1) is 0 Å². The Balaban J connectivity index is 3.63. The van der Waals surface area contributed by atoms with E-state index in [0.29, 0.717) is 19.6 Å². The van der Waals surface area contributed by atoms with Gasteiger partial charge in [-0.2, -0.15) is 0 Å². The van der Waals surface area contributed by atoms with Gasteiger partial charge in [0, 0.05) is 18.5 Å². The predicted octanol–water partition coefficient (Wildman–Crippen LogP) is 1.12. The van der Waals surface area contributed by atoms with Gasteiger partial charge < -0.3 is 4.74 Å². The lowest BCUT2D eigenvalue weighted by atomic mass is 10.3. The second-order valence-electron chi connectivity index (χ2n) is 3.05. The maximum Gasteiger partial charge on any atom is 0.211 e. The highest BCUT2D eigenvalue weighted by molar-refractivity contribution is 9.09. The maximum absolute atomic E-state index is 11.2. The molecule has 0 bridgehead atoms. The largest absolute Gasteiger partial charge is 0.384 e. The minimum atomic E-state index is -3.05. The van der Waals surface area contributed by atoms with Gasteiger partial charge in [0.05, 0.1) is 12.4 Å². The summed E-state index contributed by atoms with van der Waals surface area (Å²) in [6.45, 7) is 2.90. The van der Waals surface area contributed by atoms with Crippen molar-refractivity contribution in [1.82, 2.24) is 4.72 Å². The summed E-state index contributed by atoms with van der Waals surface area (Å²) in [5, 5.41) is 0. The molecular formula is C8H18BrNO3S. The van der Waals surface area contributed by atoms with Gasteiger partial charge in [0.25, 0.3) is 0 Å². The van der Waals surface area contributed by atoms with Crippen molar-refractivity contribution in [3.05, 3.63) is 0 Å². The van der Waals surface area contributed by atoms with Crippen molar-refractivity contribution in [2.45, 2.75) is 24.6 Å². The molecule has 6 heteroatoms. The second-order valence-corrected chi connectivity index (χ2v) is 6.28. The Labute approximate surface area is 94.6 Å². The molecule has 0 aromatic carbocycles. The van der Waals surface area contributed by atoms with Gasteiger partial charge >= 0.3 is 0 Å². The number of rotatable bonds is 8. The number of alkyl halides is 1. The summed E-state index contributed by atoms with van der Waals surface area (Å²) >= 11 is 3.38. The molecule has 0 aliphatic heterocycles. The summed E-state index contributed by atoms with van der Waals surface area (Å²) in [6.07, 6.45) is 1.38. The molecule has 0 amide bonds. The zero-order valence-corrected chi connectivity index (χ0v) is 11.0. The van der Waals surface area contributed by atoms with Crippen molar-refractivity contribution in [2.75, 3.05) is 26.0 Å². The molecule has 86 valence electrons. The first-order valence-corrected chi connectivity index (χ1v) is 7.19. The van der Waals surface area contributed by atoms with Crippen LogP contribution in [0.2, 0.25) is 0 Å². The molecule has 0 saturated heterocycles. The van der Waals surface area contributed by atoms with Gasteiger partial charge in [0.2, 0.25) is 10.0 Å². The third-order valence-electron chi connectivity index (χ3n) is 1.60. The van der Waals surface area contributed by atoms with E-state index in [4.69, 9.17) is 4.74 Å². The van der Waals surface area contributed by atoms with Crippen LogP contribution in [-0.4, -0.2) is 39.3 Å². The molecule has 0 saturated carbocycles. The highest BCUT2D eigenvalue weighted by Crippen LogP contribution is 2.04. The van der Waals surface area contributed by atoms with Gasteiger partial charge in [0.15, 0.2) is 0 Å². The van der Waals surface area contributed by atoms with Crippen LogP contribution in [0.1, 0.15) is 19.8 Å². The average Bonchev–Trinajstić information content (AvgIpc) is 2.03. The molecule has 4 nitrogen and oxygen atoms in total. The van der Waals surface area contributed by atoms with Crippen LogP contribution in [-0.2, 0) is 14.8 Å². The third kappa shape index (κ3) is 7.73. The van der Waals surface area contributed by atoms with Crippen LogP contribution >= 0.6 is 15.9 Å². The van der Waals surface area contributed by atoms with Gasteiger partial charge in [-0.15, -0.1) is 0 Å². The van der Waals surface area contributed by atoms with Crippen molar-refractivity contribution in [3.63, 3.8) is 0 Å². The first kappa shape index (κ1) is 14.3. The monoisotopic (exact) mass is 287 g/mol. The number of sulfonamides is 1. The van der Waals surface area contributed by atoms with Crippen LogP contribution < -0.4 is 4.72 Å². The fourth-order valence-electron chi connectivity index (χ4n) is 0.976. The highest BCUT2D eigenvalue weighted by Gasteiger charge is 2.09. The fourth-order valence-corrected chi connectivity index (χ4v) is 2.58. The Hall–Kier alpha value is 0.350. The summed E-state index contributed by atoms with van der Waals surface area (Å²) in [4.78, 5) is 0.205. The summed E-state index contributed by atoms with van der Waals surface area (Å²) in [7, 11) is -1.43. The average molecular weight is 288 g/mol. The molecular weight excluding hydrogens is 270 g/mol. The number of ether oxygens (including phenoxy) is 1. The Morgan fingerprint density at radius 2 is 2.14 bits per heavy atom. The quantitative estimate of drug-likeness (QED) is 0.681. The minimum absolute atomic E-state index is 0.199. The Morgan fingerprint density at radius 1 is 1.50 bits per heavy atom. The van der Waals surface area contributed by atoms with Crippen LogP contribution in [0.15, 0.2) is 0 Å². The van der Waals surface area contributed by atoms with Gasteiger partial charge in [-0.25, -0.2) is 13.1 Å². The van der Waals surface area contributed by atoms with E-state index in [-0.39, 0.29) is 10.6 Å². The van der Waals surface area contributed by atoms with Crippen molar-refractivity contribution >= 4 is 26.0 Å². The lowest BCUT2D eigenvalue weighted by Gasteiger charge is -2.09. The molecule has 0 spiro atoms. The van der Waals surface area contributed by atoms with Crippen LogP contribution in [0.25, 0.3) is 0 Å². The molecule has 0 rings (SSSR count). The van der Waals surface area contributed by atoms with Crippen molar-refractivity contribution in [1.29, 1.82) is 0 Å². The van der Waals surface area contributed by atoms with E-state index >= 15 is 0 Å². The van der Waals surface area contributed by atoms with Crippen molar-refractivity contribution in [2.24, 2.45) is 0 Å². The number of nitrogens with one attached hydrogen (secondary N) is 1. The van der Waals surface area contributed by atoms with Crippen LogP contribution in [0.3, 0.4) is 0 Å². The topological polar surface area (TPSA) is 55.4 Å². The zero-order chi connectivity index (χ0) is 11.0. The standard InChI is InChI=1S/C8H18BrNO3S/c1-3-6-14(11,12)10-5-4-8(9)7-13-2/h8,10H,3-7H2,1-2H3. The molecule has 0 heterocycles. The smallest absolute Gasteiger partial charge is 0.211 e. The number of methoxy groups -OCH3 is 1. The molecule has 14 heavy (non-hydrogen) atoms. The van der Waals surface area contributed by atoms with E-state index in [2.05, 4.69) is 20.7 Å². The zero-order valence-electron chi connectivity index (χ0n) is 8.62. The molecule has 0 radical (unpaired) electrons. The normalized spacial score (nSPS) is 14.2. The predicted molar refractivity (Wildman–Crippen MR) is 61.3 cm³/mol. The van der Waals surface area contributed by atoms with Gasteiger partial charge in [-0.3, -0.25) is 0 Å². The summed E-state index contributed by atoms with van der Waals surface area (Å²) in [5.41, 5.74) is 0. The Kier molecular flexibility index (Phi) is 7.81. The number of hydrogen-bond acceptors (Lipinski definition) is 3. The van der Waals surface area contributed by atoms with E-state index in [1.165, 1.54) is 0 Å². The lowest BCUT2D eigenvalue weighted by molar-refractivity contribution is 0.199. The van der Waals surface area contributed by atoms with E-state index in [9.17, 15) is 8.42 Å². The molecule has 0 aliphatic carbocycles. The van der Waals surface area contributed by atoms with E-state index in [0.717, 1.165) is 6.42 Å². The van der Waals surface area contributed by atoms with Gasteiger partial charge in [-0.1, -0.05) is 22.9 Å². The summed E-state index contributed by atoms with van der Waals surface area (Å²) in [5.74, 6) is 0.199. The molecule has 0 fully saturated rings. The van der Waals surface area contributed by atoms with Gasteiger partial charge in [0.1, 0.15) is 0 Å². The summed E-state index contributed by atoms with van der Waals surface area (Å²) < 4.78 is 29.9. The molecule has 0 aromatic rings. The minimum Gasteiger partial charge on any atom is -0.384 e. The first-order chi connectivity index (χ1) is 6.52. The van der Waals surface area contributed by atoms with Gasteiger partial charge in [-0.05, 0) is 12.8 Å². The molecule has 1 unspecified atom stereocenters. The van der Waals surface area contributed by atoms with Crippen molar-refractivity contribution in [3.8, 4) is 0 Å². The maximum atomic E-state index is 11.2. The Morgan fingerprint density at radius 3 is 2.64 bits per heavy atom. The molecule has 1 N–H and O–H groups in total. The summed E-state index contributed by atoms with van der Waals surface area (Å²) in [6, 6.07) is 0. The van der Waals surface area contributed by atoms with E-state index in [1.54, 1.807) is 7.11 Å². The molecule has 0 aliphatic rings. The number of hydrogen-bond donors (Lipinski definition) is 1. The van der Waals surface area contributed by atoms with Crippen molar-refractivity contribution < 1.29 is 13.2 Å².